The Hall–Kier alpha value is -4.70. The van der Waals surface area contributed by atoms with Crippen LogP contribution < -0.4 is 19.9 Å². The predicted molar refractivity (Wildman–Crippen MR) is 153 cm³/mol. The standard InChI is InChI=1S/C30H31N7O3/c1-39-24-11-8-21(9-12-24)20-37-29(32-33-34-37)28(36-16-14-35(15-17-36)23-6-4-3-5-7-23)26-18-22-10-13-25(40-2)19-27(22)31-30(26)38/h3-13,18-19,28H,14-17,20H2,1-2H3,(H,31,38). The molecule has 1 saturated heterocycles. The molecule has 3 heterocycles. The van der Waals surface area contributed by atoms with Gasteiger partial charge in [0.25, 0.3) is 5.56 Å². The molecule has 0 aliphatic carbocycles. The molecule has 1 fully saturated rings. The van der Waals surface area contributed by atoms with E-state index in [0.29, 0.717) is 23.7 Å². The molecule has 1 N–H and O–H groups in total. The minimum atomic E-state index is -0.429. The van der Waals surface area contributed by atoms with Gasteiger partial charge >= 0.3 is 0 Å². The lowest BCUT2D eigenvalue weighted by Crippen LogP contribution is -2.49. The molecular weight excluding hydrogens is 506 g/mol. The summed E-state index contributed by atoms with van der Waals surface area (Å²) in [7, 11) is 3.26. The molecular formula is C30H31N7O3. The van der Waals surface area contributed by atoms with Crippen molar-refractivity contribution in [2.75, 3.05) is 45.3 Å². The van der Waals surface area contributed by atoms with E-state index in [9.17, 15) is 4.79 Å². The number of aromatic nitrogens is 5. The quantitative estimate of drug-likeness (QED) is 0.321. The molecule has 10 heteroatoms. The van der Waals surface area contributed by atoms with E-state index in [-0.39, 0.29) is 5.56 Å². The number of H-pyrrole nitrogens is 1. The first-order valence-corrected chi connectivity index (χ1v) is 13.3. The Bertz CT molecular complexity index is 1640. The van der Waals surface area contributed by atoms with E-state index in [4.69, 9.17) is 9.47 Å². The summed E-state index contributed by atoms with van der Waals surface area (Å²) in [5.74, 6) is 2.10. The van der Waals surface area contributed by atoms with E-state index in [0.717, 1.165) is 48.4 Å². The number of methoxy groups -OCH3 is 2. The first kappa shape index (κ1) is 25.6. The first-order valence-electron chi connectivity index (χ1n) is 13.3. The number of nitrogens with zero attached hydrogens (tertiary/aromatic N) is 6. The smallest absolute Gasteiger partial charge is 0.253 e. The monoisotopic (exact) mass is 537 g/mol. The number of pyridine rings is 1. The largest absolute Gasteiger partial charge is 0.497 e. The van der Waals surface area contributed by atoms with Gasteiger partial charge in [0.05, 0.1) is 26.3 Å². The zero-order valence-corrected chi connectivity index (χ0v) is 22.5. The molecule has 0 radical (unpaired) electrons. The van der Waals surface area contributed by atoms with Crippen molar-refractivity contribution in [1.29, 1.82) is 0 Å². The molecule has 0 spiro atoms. The molecule has 5 aromatic rings. The second kappa shape index (κ2) is 11.2. The number of benzene rings is 3. The Balaban J connectivity index is 1.38. The zero-order valence-electron chi connectivity index (χ0n) is 22.5. The summed E-state index contributed by atoms with van der Waals surface area (Å²) in [6.45, 7) is 3.60. The van der Waals surface area contributed by atoms with Gasteiger partial charge in [-0.25, -0.2) is 4.68 Å². The number of hydrogen-bond donors (Lipinski definition) is 1. The molecule has 1 aliphatic heterocycles. The fraction of sp³-hybridized carbons (Fsp3) is 0.267. The van der Waals surface area contributed by atoms with E-state index in [1.807, 2.05) is 54.6 Å². The summed E-state index contributed by atoms with van der Waals surface area (Å²) >= 11 is 0. The Morgan fingerprint density at radius 1 is 0.875 bits per heavy atom. The number of tetrazole rings is 1. The number of piperazine rings is 1. The molecule has 1 unspecified atom stereocenters. The van der Waals surface area contributed by atoms with Crippen molar-refractivity contribution in [2.24, 2.45) is 0 Å². The highest BCUT2D eigenvalue weighted by Crippen LogP contribution is 2.30. The van der Waals surface area contributed by atoms with Gasteiger partial charge in [0, 0.05) is 43.5 Å². The molecule has 204 valence electrons. The van der Waals surface area contributed by atoms with Gasteiger partial charge in [0.2, 0.25) is 0 Å². The lowest BCUT2D eigenvalue weighted by atomic mass is 10.0. The van der Waals surface area contributed by atoms with Crippen LogP contribution in [0.25, 0.3) is 10.9 Å². The highest BCUT2D eigenvalue weighted by molar-refractivity contribution is 5.80. The Kier molecular flexibility index (Phi) is 7.15. The second-order valence-corrected chi connectivity index (χ2v) is 9.81. The fourth-order valence-corrected chi connectivity index (χ4v) is 5.33. The molecule has 0 bridgehead atoms. The Morgan fingerprint density at radius 3 is 2.33 bits per heavy atom. The summed E-state index contributed by atoms with van der Waals surface area (Å²) in [5, 5.41) is 13.8. The number of fused-ring (bicyclic) bond motifs is 1. The van der Waals surface area contributed by atoms with Crippen molar-refractivity contribution in [2.45, 2.75) is 12.6 Å². The van der Waals surface area contributed by atoms with Crippen LogP contribution in [0, 0.1) is 0 Å². The number of para-hydroxylation sites is 1. The van der Waals surface area contributed by atoms with E-state index >= 15 is 0 Å². The van der Waals surface area contributed by atoms with Crippen LogP contribution in [-0.2, 0) is 6.54 Å². The molecule has 2 aromatic heterocycles. The Labute approximate surface area is 231 Å². The van der Waals surface area contributed by atoms with Crippen LogP contribution in [0.1, 0.15) is 23.0 Å². The van der Waals surface area contributed by atoms with E-state index in [1.165, 1.54) is 5.69 Å². The van der Waals surface area contributed by atoms with Crippen molar-refractivity contribution in [3.8, 4) is 11.5 Å². The highest BCUT2D eigenvalue weighted by Gasteiger charge is 2.33. The maximum absolute atomic E-state index is 13.6. The van der Waals surface area contributed by atoms with E-state index < -0.39 is 6.04 Å². The third kappa shape index (κ3) is 5.13. The number of aromatic amines is 1. The third-order valence-electron chi connectivity index (χ3n) is 7.47. The van der Waals surface area contributed by atoms with E-state index in [1.54, 1.807) is 18.9 Å². The minimum Gasteiger partial charge on any atom is -0.497 e. The predicted octanol–water partition coefficient (Wildman–Crippen LogP) is 3.49. The van der Waals surface area contributed by atoms with Crippen molar-refractivity contribution in [3.05, 3.63) is 106 Å². The van der Waals surface area contributed by atoms with Crippen LogP contribution in [0.3, 0.4) is 0 Å². The summed E-state index contributed by atoms with van der Waals surface area (Å²) in [6.07, 6.45) is 0. The van der Waals surface area contributed by atoms with Gasteiger partial charge < -0.3 is 19.4 Å². The van der Waals surface area contributed by atoms with Crippen LogP contribution >= 0.6 is 0 Å². The average molecular weight is 538 g/mol. The summed E-state index contributed by atoms with van der Waals surface area (Å²) in [4.78, 5) is 21.3. The highest BCUT2D eigenvalue weighted by atomic mass is 16.5. The maximum atomic E-state index is 13.6. The van der Waals surface area contributed by atoms with Gasteiger partial charge in [-0.1, -0.05) is 30.3 Å². The first-order chi connectivity index (χ1) is 19.6. The third-order valence-corrected chi connectivity index (χ3v) is 7.47. The SMILES string of the molecule is COc1ccc(Cn2nnnc2C(c2cc3ccc(OC)cc3[nH]c2=O)N2CCN(c3ccccc3)CC2)cc1. The molecule has 6 rings (SSSR count). The van der Waals surface area contributed by atoms with Crippen molar-refractivity contribution in [1.82, 2.24) is 30.1 Å². The molecule has 40 heavy (non-hydrogen) atoms. The molecule has 10 nitrogen and oxygen atoms in total. The van der Waals surface area contributed by atoms with Gasteiger partial charge in [-0.2, -0.15) is 0 Å². The molecule has 1 atom stereocenters. The maximum Gasteiger partial charge on any atom is 0.253 e. The zero-order chi connectivity index (χ0) is 27.5. The molecule has 0 saturated carbocycles. The van der Waals surface area contributed by atoms with Gasteiger partial charge in [-0.3, -0.25) is 9.69 Å². The lowest BCUT2D eigenvalue weighted by molar-refractivity contribution is 0.200. The van der Waals surface area contributed by atoms with E-state index in [2.05, 4.69) is 54.6 Å². The number of nitrogens with one attached hydrogen (secondary N) is 1. The van der Waals surface area contributed by atoms with Gasteiger partial charge in [0.1, 0.15) is 17.5 Å². The number of ether oxygens (including phenoxy) is 2. The molecule has 3 aromatic carbocycles. The summed E-state index contributed by atoms with van der Waals surface area (Å²) in [6, 6.07) is 25.4. The summed E-state index contributed by atoms with van der Waals surface area (Å²) < 4.78 is 12.4. The molecule has 0 amide bonds. The topological polar surface area (TPSA) is 101 Å². The second-order valence-electron chi connectivity index (χ2n) is 9.81. The number of rotatable bonds is 8. The van der Waals surface area contributed by atoms with Crippen molar-refractivity contribution >= 4 is 16.6 Å². The fourth-order valence-electron chi connectivity index (χ4n) is 5.33. The van der Waals surface area contributed by atoms with Crippen molar-refractivity contribution in [3.63, 3.8) is 0 Å². The minimum absolute atomic E-state index is 0.171. The normalized spacial score (nSPS) is 14.8. The van der Waals surface area contributed by atoms with Gasteiger partial charge in [0.15, 0.2) is 5.82 Å². The van der Waals surface area contributed by atoms with Crippen LogP contribution in [-0.4, -0.2) is 70.5 Å². The Morgan fingerprint density at radius 2 is 1.60 bits per heavy atom. The van der Waals surface area contributed by atoms with Crippen molar-refractivity contribution < 1.29 is 9.47 Å². The van der Waals surface area contributed by atoms with Crippen LogP contribution in [0.2, 0.25) is 0 Å². The van der Waals surface area contributed by atoms with Gasteiger partial charge in [-0.15, -0.1) is 5.10 Å². The van der Waals surface area contributed by atoms with Gasteiger partial charge in [-0.05, 0) is 63.8 Å². The lowest BCUT2D eigenvalue weighted by Gasteiger charge is -2.39. The van der Waals surface area contributed by atoms with Crippen LogP contribution in [0.15, 0.2) is 83.7 Å². The average Bonchev–Trinajstić information content (AvgIpc) is 3.46. The summed E-state index contributed by atoms with van der Waals surface area (Å²) in [5.41, 5.74) is 3.38. The molecule has 1 aliphatic rings. The van der Waals surface area contributed by atoms with Crippen LogP contribution in [0.5, 0.6) is 11.5 Å². The number of anilines is 1. The number of hydrogen-bond acceptors (Lipinski definition) is 8. The van der Waals surface area contributed by atoms with Crippen LogP contribution in [0.4, 0.5) is 5.69 Å².